The molecule has 0 aliphatic carbocycles. The molecule has 156 valence electrons. The Bertz CT molecular complexity index is 799. The Labute approximate surface area is 187 Å². The molecule has 0 aromatic heterocycles. The van der Waals surface area contributed by atoms with E-state index in [2.05, 4.69) is 73.4 Å². The molecule has 0 spiro atoms. The van der Waals surface area contributed by atoms with Gasteiger partial charge in [0.15, 0.2) is 0 Å². The van der Waals surface area contributed by atoms with Crippen LogP contribution in [0.5, 0.6) is 11.5 Å². The molecular weight excluding hydrogens is 502 g/mol. The van der Waals surface area contributed by atoms with Crippen LogP contribution in [0.25, 0.3) is 0 Å². The van der Waals surface area contributed by atoms with Crippen LogP contribution in [0.1, 0.15) is 41.5 Å². The molecule has 0 atom stereocenters. The smallest absolute Gasteiger partial charge is 0.134 e. The zero-order chi connectivity index (χ0) is 21.2. The number of ether oxygens (including phenoxy) is 2. The lowest BCUT2D eigenvalue weighted by atomic mass is 10.2. The molecular formula is C22H31Br2NO2S. The summed E-state index contributed by atoms with van der Waals surface area (Å²) < 4.78 is 14.6. The number of nitrogens with two attached hydrogens (primary N) is 1. The molecule has 2 rings (SSSR count). The van der Waals surface area contributed by atoms with Crippen molar-refractivity contribution in [3.05, 3.63) is 51.4 Å². The van der Waals surface area contributed by atoms with E-state index in [9.17, 15) is 0 Å². The number of hydrogen-bond acceptors (Lipinski definition) is 3. The fraction of sp³-hybridized carbons (Fsp3) is 0.455. The Kier molecular flexibility index (Phi) is 7.43. The molecule has 2 aromatic carbocycles. The molecule has 0 aliphatic rings. The maximum Gasteiger partial charge on any atom is 0.134 e. The molecule has 0 saturated heterocycles. The highest BCUT2D eigenvalue weighted by atomic mass is 79.9. The highest BCUT2D eigenvalue weighted by molar-refractivity contribution is 9.10. The van der Waals surface area contributed by atoms with E-state index in [1.54, 1.807) is 0 Å². The third kappa shape index (κ3) is 5.19. The second-order valence-corrected chi connectivity index (χ2v) is 15.1. The van der Waals surface area contributed by atoms with Crippen LogP contribution in [-0.2, 0) is 0 Å². The molecule has 0 unspecified atom stereocenters. The van der Waals surface area contributed by atoms with E-state index in [-0.39, 0.29) is 9.49 Å². The monoisotopic (exact) mass is 531 g/mol. The fourth-order valence-electron chi connectivity index (χ4n) is 3.18. The summed E-state index contributed by atoms with van der Waals surface area (Å²) in [5.41, 5.74) is 6.58. The average Bonchev–Trinajstić information content (AvgIpc) is 2.55. The largest absolute Gasteiger partial charge is 0.483 e. The zero-order valence-corrected chi connectivity index (χ0v) is 21.5. The summed E-state index contributed by atoms with van der Waals surface area (Å²) in [4.78, 5) is 0. The van der Waals surface area contributed by atoms with Gasteiger partial charge in [-0.1, -0.05) is 53.7 Å². The highest BCUT2D eigenvalue weighted by Crippen LogP contribution is 2.67. The van der Waals surface area contributed by atoms with Gasteiger partial charge < -0.3 is 15.2 Å². The quantitative estimate of drug-likeness (QED) is 0.390. The van der Waals surface area contributed by atoms with Crippen LogP contribution in [0.15, 0.2) is 51.4 Å². The fourth-order valence-corrected chi connectivity index (χ4v) is 8.07. The van der Waals surface area contributed by atoms with Crippen molar-refractivity contribution in [2.45, 2.75) is 51.0 Å². The number of para-hydroxylation sites is 1. The summed E-state index contributed by atoms with van der Waals surface area (Å²) >= 11 is 7.16. The second-order valence-electron chi connectivity index (χ2n) is 8.75. The molecule has 0 aliphatic heterocycles. The molecule has 3 nitrogen and oxygen atoms in total. The summed E-state index contributed by atoms with van der Waals surface area (Å²) in [6, 6.07) is 13.6. The van der Waals surface area contributed by atoms with Gasteiger partial charge in [-0.25, -0.2) is 0 Å². The topological polar surface area (TPSA) is 44.5 Å². The molecule has 28 heavy (non-hydrogen) atoms. The molecule has 0 heterocycles. The molecule has 2 aromatic rings. The Hall–Kier alpha value is -0.850. The number of rotatable bonds is 6. The predicted octanol–water partition coefficient (Wildman–Crippen LogP) is 7.57. The molecule has 6 heteroatoms. The Morgan fingerprint density at radius 3 is 1.75 bits per heavy atom. The average molecular weight is 533 g/mol. The normalized spacial score (nSPS) is 13.3. The van der Waals surface area contributed by atoms with Crippen molar-refractivity contribution < 1.29 is 9.47 Å². The summed E-state index contributed by atoms with van der Waals surface area (Å²) in [6.07, 6.45) is 0. The van der Waals surface area contributed by atoms with E-state index in [0.29, 0.717) is 17.6 Å². The molecule has 0 fully saturated rings. The molecule has 2 N–H and O–H groups in total. The lowest BCUT2D eigenvalue weighted by Gasteiger charge is -2.57. The first kappa shape index (κ1) is 23.4. The van der Waals surface area contributed by atoms with Crippen molar-refractivity contribution in [2.24, 2.45) is 0 Å². The third-order valence-electron chi connectivity index (χ3n) is 4.97. The number of nitrogen functional groups attached to an aromatic ring is 1. The molecule has 0 saturated carbocycles. The van der Waals surface area contributed by atoms with E-state index in [1.807, 2.05) is 42.5 Å². The van der Waals surface area contributed by atoms with Gasteiger partial charge in [0, 0.05) is 5.69 Å². The maximum atomic E-state index is 6.37. The summed E-state index contributed by atoms with van der Waals surface area (Å²) in [6.45, 7) is 13.7. The number of halogens is 2. The Morgan fingerprint density at radius 1 is 0.786 bits per heavy atom. The van der Waals surface area contributed by atoms with Gasteiger partial charge in [0.1, 0.15) is 23.4 Å². The lowest BCUT2D eigenvalue weighted by molar-refractivity contribution is 0.352. The van der Waals surface area contributed by atoms with Crippen LogP contribution in [0, 0.1) is 0 Å². The maximum absolute atomic E-state index is 6.37. The van der Waals surface area contributed by atoms with Crippen LogP contribution < -0.4 is 15.2 Å². The van der Waals surface area contributed by atoms with Gasteiger partial charge in [0.05, 0.1) is 8.95 Å². The van der Waals surface area contributed by atoms with Gasteiger partial charge in [-0.3, -0.25) is 0 Å². The van der Waals surface area contributed by atoms with E-state index in [0.717, 1.165) is 20.4 Å². The number of anilines is 1. The summed E-state index contributed by atoms with van der Waals surface area (Å²) in [7, 11) is -1.39. The number of benzene rings is 2. The molecule has 0 radical (unpaired) electrons. The standard InChI is InChI=1S/C22H31Br2NO2S/c1-21(2,3)28(22(4,5)6,14-26-19-10-8-7-9-17(19)23)15-27-20-12-11-16(25)13-18(20)24/h7-13H,14-15,25H2,1-6H3. The van der Waals surface area contributed by atoms with Crippen molar-refractivity contribution in [1.82, 2.24) is 0 Å². The van der Waals surface area contributed by atoms with Crippen molar-refractivity contribution in [3.8, 4) is 11.5 Å². The van der Waals surface area contributed by atoms with Crippen LogP contribution in [-0.4, -0.2) is 21.4 Å². The Balaban J connectivity index is 2.36. The number of hydrogen-bond donors (Lipinski definition) is 1. The highest BCUT2D eigenvalue weighted by Gasteiger charge is 2.47. The Morgan fingerprint density at radius 2 is 1.29 bits per heavy atom. The van der Waals surface area contributed by atoms with Crippen molar-refractivity contribution >= 4 is 47.6 Å². The first-order valence-corrected chi connectivity index (χ1v) is 12.8. The third-order valence-corrected chi connectivity index (χ3v) is 12.0. The zero-order valence-electron chi connectivity index (χ0n) is 17.5. The SMILES string of the molecule is CC(C)(C)S(COc1ccccc1Br)(COc1ccc(N)cc1Br)C(C)(C)C. The van der Waals surface area contributed by atoms with E-state index in [4.69, 9.17) is 15.2 Å². The van der Waals surface area contributed by atoms with Crippen molar-refractivity contribution in [2.75, 3.05) is 17.6 Å². The van der Waals surface area contributed by atoms with Gasteiger partial charge in [-0.05, 0) is 71.7 Å². The van der Waals surface area contributed by atoms with Crippen LogP contribution in [0.2, 0.25) is 0 Å². The predicted molar refractivity (Wildman–Crippen MR) is 131 cm³/mol. The van der Waals surface area contributed by atoms with Crippen LogP contribution in [0.3, 0.4) is 0 Å². The first-order chi connectivity index (χ1) is 12.9. The van der Waals surface area contributed by atoms with Crippen LogP contribution >= 0.6 is 41.9 Å². The second kappa shape index (κ2) is 8.88. The van der Waals surface area contributed by atoms with E-state index < -0.39 is 10.0 Å². The first-order valence-electron chi connectivity index (χ1n) is 9.20. The summed E-state index contributed by atoms with van der Waals surface area (Å²) in [5, 5.41) is 0. The van der Waals surface area contributed by atoms with E-state index >= 15 is 0 Å². The van der Waals surface area contributed by atoms with Gasteiger partial charge >= 0.3 is 0 Å². The van der Waals surface area contributed by atoms with Crippen molar-refractivity contribution in [3.63, 3.8) is 0 Å². The van der Waals surface area contributed by atoms with Gasteiger partial charge in [-0.15, -0.1) is 0 Å². The summed E-state index contributed by atoms with van der Waals surface area (Å²) in [5.74, 6) is 2.89. The molecule has 0 amide bonds. The van der Waals surface area contributed by atoms with E-state index in [1.165, 1.54) is 0 Å². The molecule has 0 bridgehead atoms. The van der Waals surface area contributed by atoms with Gasteiger partial charge in [0.25, 0.3) is 0 Å². The van der Waals surface area contributed by atoms with Gasteiger partial charge in [0.2, 0.25) is 0 Å². The minimum Gasteiger partial charge on any atom is -0.483 e. The van der Waals surface area contributed by atoms with Crippen LogP contribution in [0.4, 0.5) is 5.69 Å². The minimum absolute atomic E-state index is 0.0206. The lowest BCUT2D eigenvalue weighted by Crippen LogP contribution is -2.44. The van der Waals surface area contributed by atoms with Gasteiger partial charge in [-0.2, -0.15) is 10.0 Å². The minimum atomic E-state index is -1.39. The van der Waals surface area contributed by atoms with Crippen molar-refractivity contribution in [1.29, 1.82) is 0 Å².